The van der Waals surface area contributed by atoms with Crippen molar-refractivity contribution in [1.29, 1.82) is 0 Å². The Kier molecular flexibility index (Phi) is 5.51. The minimum atomic E-state index is 0.0932. The van der Waals surface area contributed by atoms with Crippen LogP contribution in [-0.4, -0.2) is 56.3 Å². The number of methoxy groups -OCH3 is 1. The van der Waals surface area contributed by atoms with Crippen LogP contribution in [0.5, 0.6) is 5.75 Å². The van der Waals surface area contributed by atoms with E-state index in [1.807, 2.05) is 24.3 Å². The van der Waals surface area contributed by atoms with Crippen molar-refractivity contribution in [2.75, 3.05) is 33.4 Å². The van der Waals surface area contributed by atoms with Crippen LogP contribution in [-0.2, 0) is 16.0 Å². The van der Waals surface area contributed by atoms with E-state index in [0.717, 1.165) is 31.0 Å². The number of carbonyl (C=O) groups is 1. The summed E-state index contributed by atoms with van der Waals surface area (Å²) in [5.74, 6) is 0.940. The van der Waals surface area contributed by atoms with Crippen LogP contribution in [0.15, 0.2) is 24.3 Å². The number of rotatable bonds is 6. The molecular weight excluding hydrogens is 292 g/mol. The van der Waals surface area contributed by atoms with Gasteiger partial charge in [0.15, 0.2) is 0 Å². The fourth-order valence-corrected chi connectivity index (χ4v) is 3.55. The molecule has 2 aliphatic heterocycles. The first kappa shape index (κ1) is 16.3. The molecular formula is C18H26N2O3. The molecule has 126 valence electrons. The topological polar surface area (TPSA) is 50.8 Å². The number of benzene rings is 1. The lowest BCUT2D eigenvalue weighted by molar-refractivity contribution is -0.122. The summed E-state index contributed by atoms with van der Waals surface area (Å²) in [4.78, 5) is 14.8. The molecule has 5 nitrogen and oxygen atoms in total. The number of hydrogen-bond acceptors (Lipinski definition) is 4. The molecule has 1 aromatic rings. The third-order valence-corrected chi connectivity index (χ3v) is 4.82. The molecule has 0 unspecified atom stereocenters. The van der Waals surface area contributed by atoms with Crippen molar-refractivity contribution < 1.29 is 14.3 Å². The fourth-order valence-electron chi connectivity index (χ4n) is 3.55. The Balaban J connectivity index is 1.50. The normalized spacial score (nSPS) is 24.7. The maximum Gasteiger partial charge on any atom is 0.220 e. The van der Waals surface area contributed by atoms with Crippen LogP contribution in [0.2, 0.25) is 0 Å². The molecule has 0 saturated carbocycles. The first-order chi connectivity index (χ1) is 11.3. The Morgan fingerprint density at radius 3 is 2.87 bits per heavy atom. The molecule has 0 aromatic heterocycles. The third-order valence-electron chi connectivity index (χ3n) is 4.82. The molecule has 0 radical (unpaired) electrons. The van der Waals surface area contributed by atoms with E-state index < -0.39 is 0 Å². The Bertz CT molecular complexity index is 529. The summed E-state index contributed by atoms with van der Waals surface area (Å²) >= 11 is 0. The van der Waals surface area contributed by atoms with Crippen molar-refractivity contribution in [3.05, 3.63) is 29.8 Å². The second kappa shape index (κ2) is 7.79. The van der Waals surface area contributed by atoms with Gasteiger partial charge < -0.3 is 14.8 Å². The Morgan fingerprint density at radius 1 is 1.30 bits per heavy atom. The van der Waals surface area contributed by atoms with E-state index >= 15 is 0 Å². The van der Waals surface area contributed by atoms with Gasteiger partial charge in [-0.15, -0.1) is 0 Å². The van der Waals surface area contributed by atoms with Crippen LogP contribution in [0.3, 0.4) is 0 Å². The lowest BCUT2D eigenvalue weighted by Crippen LogP contribution is -2.50. The van der Waals surface area contributed by atoms with E-state index in [9.17, 15) is 4.79 Å². The van der Waals surface area contributed by atoms with Crippen molar-refractivity contribution in [3.8, 4) is 5.75 Å². The summed E-state index contributed by atoms with van der Waals surface area (Å²) in [6, 6.07) is 8.33. The number of nitrogens with zero attached hydrogens (tertiary/aromatic N) is 1. The number of aryl methyl sites for hydroxylation is 1. The van der Waals surface area contributed by atoms with Gasteiger partial charge in [-0.05, 0) is 44.0 Å². The Morgan fingerprint density at radius 2 is 2.09 bits per heavy atom. The lowest BCUT2D eigenvalue weighted by Gasteiger charge is -2.27. The maximum absolute atomic E-state index is 12.3. The first-order valence-electron chi connectivity index (χ1n) is 8.51. The predicted molar refractivity (Wildman–Crippen MR) is 88.7 cm³/mol. The highest BCUT2D eigenvalue weighted by atomic mass is 16.5. The zero-order valence-corrected chi connectivity index (χ0v) is 13.8. The fraction of sp³-hybridized carbons (Fsp3) is 0.611. The summed E-state index contributed by atoms with van der Waals surface area (Å²) in [6.45, 7) is 3.61. The number of likely N-dealkylation sites (tertiary alicyclic amines) is 1. The van der Waals surface area contributed by atoms with Gasteiger partial charge >= 0.3 is 0 Å². The van der Waals surface area contributed by atoms with Crippen LogP contribution in [0.4, 0.5) is 0 Å². The SMILES string of the molecule is COc1ccccc1CCC(=O)N[C@H]1COC[C@@H]1N1CCCC1. The van der Waals surface area contributed by atoms with Gasteiger partial charge in [-0.25, -0.2) is 0 Å². The molecule has 1 N–H and O–H groups in total. The number of amides is 1. The van der Waals surface area contributed by atoms with Gasteiger partial charge in [-0.1, -0.05) is 18.2 Å². The number of nitrogens with one attached hydrogen (secondary N) is 1. The van der Waals surface area contributed by atoms with E-state index in [4.69, 9.17) is 9.47 Å². The minimum absolute atomic E-state index is 0.0932. The van der Waals surface area contributed by atoms with E-state index in [-0.39, 0.29) is 11.9 Å². The largest absolute Gasteiger partial charge is 0.496 e. The molecule has 1 aromatic carbocycles. The van der Waals surface area contributed by atoms with Gasteiger partial charge in [0, 0.05) is 6.42 Å². The molecule has 2 atom stereocenters. The summed E-state index contributed by atoms with van der Waals surface area (Å²) in [5.41, 5.74) is 1.07. The molecule has 2 saturated heterocycles. The van der Waals surface area contributed by atoms with E-state index in [1.165, 1.54) is 12.8 Å². The molecule has 2 aliphatic rings. The molecule has 2 fully saturated rings. The van der Waals surface area contributed by atoms with E-state index in [0.29, 0.717) is 25.5 Å². The zero-order chi connectivity index (χ0) is 16.1. The quantitative estimate of drug-likeness (QED) is 0.866. The molecule has 0 bridgehead atoms. The number of ether oxygens (including phenoxy) is 2. The highest BCUT2D eigenvalue weighted by Gasteiger charge is 2.35. The third kappa shape index (κ3) is 4.03. The van der Waals surface area contributed by atoms with E-state index in [2.05, 4.69) is 10.2 Å². The monoisotopic (exact) mass is 318 g/mol. The lowest BCUT2D eigenvalue weighted by atomic mass is 10.1. The van der Waals surface area contributed by atoms with E-state index in [1.54, 1.807) is 7.11 Å². The smallest absolute Gasteiger partial charge is 0.220 e. The van der Waals surface area contributed by atoms with Gasteiger partial charge in [0.25, 0.3) is 0 Å². The summed E-state index contributed by atoms with van der Waals surface area (Å²) in [5, 5.41) is 3.17. The van der Waals surface area contributed by atoms with Crippen LogP contribution in [0.25, 0.3) is 0 Å². The molecule has 5 heteroatoms. The maximum atomic E-state index is 12.3. The minimum Gasteiger partial charge on any atom is -0.496 e. The summed E-state index contributed by atoms with van der Waals surface area (Å²) in [6.07, 6.45) is 3.68. The average molecular weight is 318 g/mol. The zero-order valence-electron chi connectivity index (χ0n) is 13.8. The van der Waals surface area contributed by atoms with Gasteiger partial charge in [-0.2, -0.15) is 0 Å². The summed E-state index contributed by atoms with van der Waals surface area (Å²) < 4.78 is 10.9. The van der Waals surface area contributed by atoms with Crippen LogP contribution >= 0.6 is 0 Å². The molecule has 23 heavy (non-hydrogen) atoms. The van der Waals surface area contributed by atoms with Gasteiger partial charge in [0.2, 0.25) is 5.91 Å². The van der Waals surface area contributed by atoms with Gasteiger partial charge in [-0.3, -0.25) is 9.69 Å². The van der Waals surface area contributed by atoms with Gasteiger partial charge in [0.1, 0.15) is 5.75 Å². The average Bonchev–Trinajstić information content (AvgIpc) is 3.24. The molecule has 0 aliphatic carbocycles. The van der Waals surface area contributed by atoms with Crippen molar-refractivity contribution in [2.24, 2.45) is 0 Å². The van der Waals surface area contributed by atoms with Crippen molar-refractivity contribution in [2.45, 2.75) is 37.8 Å². The van der Waals surface area contributed by atoms with Gasteiger partial charge in [0.05, 0.1) is 32.4 Å². The molecule has 1 amide bonds. The first-order valence-corrected chi connectivity index (χ1v) is 8.51. The Hall–Kier alpha value is -1.59. The van der Waals surface area contributed by atoms with Crippen molar-refractivity contribution in [1.82, 2.24) is 10.2 Å². The number of hydrogen-bond donors (Lipinski definition) is 1. The van der Waals surface area contributed by atoms with Crippen molar-refractivity contribution in [3.63, 3.8) is 0 Å². The Labute approximate surface area is 137 Å². The molecule has 2 heterocycles. The predicted octanol–water partition coefficient (Wildman–Crippen LogP) is 1.61. The number of carbonyl (C=O) groups excluding carboxylic acids is 1. The highest BCUT2D eigenvalue weighted by molar-refractivity contribution is 5.76. The number of para-hydroxylation sites is 1. The molecule has 0 spiro atoms. The standard InChI is InChI=1S/C18H26N2O3/c1-22-17-7-3-2-6-14(17)8-9-18(21)19-15-12-23-13-16(15)20-10-4-5-11-20/h2-3,6-7,15-16H,4-5,8-13H2,1H3,(H,19,21)/t15-,16-/m0/s1. The second-order valence-electron chi connectivity index (χ2n) is 6.33. The van der Waals surface area contributed by atoms with Crippen LogP contribution < -0.4 is 10.1 Å². The van der Waals surface area contributed by atoms with Crippen molar-refractivity contribution >= 4 is 5.91 Å². The second-order valence-corrected chi connectivity index (χ2v) is 6.33. The highest BCUT2D eigenvalue weighted by Crippen LogP contribution is 2.20. The van der Waals surface area contributed by atoms with Crippen LogP contribution in [0, 0.1) is 0 Å². The molecule has 3 rings (SSSR count). The summed E-state index contributed by atoms with van der Waals surface area (Å²) in [7, 11) is 1.66. The van der Waals surface area contributed by atoms with Crippen LogP contribution in [0.1, 0.15) is 24.8 Å².